The van der Waals surface area contributed by atoms with Gasteiger partial charge in [-0.15, -0.1) is 0 Å². The largest absolute Gasteiger partial charge is 0.483 e. The highest BCUT2D eigenvalue weighted by Crippen LogP contribution is 2.27. The van der Waals surface area contributed by atoms with Crippen LogP contribution in [-0.4, -0.2) is 48.8 Å². The normalized spacial score (nSPS) is 16.4. The number of aryl methyl sites for hydroxylation is 1. The average molecular weight is 382 g/mol. The van der Waals surface area contributed by atoms with Crippen LogP contribution >= 0.6 is 0 Å². The number of ether oxygens (including phenoxy) is 2. The maximum atomic E-state index is 12.2. The lowest BCUT2D eigenvalue weighted by Crippen LogP contribution is -2.36. The van der Waals surface area contributed by atoms with Gasteiger partial charge in [0.1, 0.15) is 11.6 Å². The van der Waals surface area contributed by atoms with Crippen LogP contribution in [0.5, 0.6) is 5.75 Å². The highest BCUT2D eigenvalue weighted by atomic mass is 16.5. The maximum absolute atomic E-state index is 12.2. The van der Waals surface area contributed by atoms with E-state index < -0.39 is 0 Å². The lowest BCUT2D eigenvalue weighted by atomic mass is 9.95. The summed E-state index contributed by atoms with van der Waals surface area (Å²) in [6, 6.07) is 5.84. The summed E-state index contributed by atoms with van der Waals surface area (Å²) in [4.78, 5) is 23.3. The predicted octanol–water partition coefficient (Wildman–Crippen LogP) is 1.89. The zero-order valence-corrected chi connectivity index (χ0v) is 16.0. The number of rotatable bonds is 6. The van der Waals surface area contributed by atoms with E-state index in [-0.39, 0.29) is 12.5 Å². The van der Waals surface area contributed by atoms with Crippen LogP contribution in [0.1, 0.15) is 29.7 Å². The molecule has 0 unspecified atom stereocenters. The first kappa shape index (κ1) is 18.7. The zero-order chi connectivity index (χ0) is 19.2. The van der Waals surface area contributed by atoms with Gasteiger partial charge in [0.25, 0.3) is 5.91 Å². The van der Waals surface area contributed by atoms with Crippen molar-refractivity contribution in [3.8, 4) is 5.75 Å². The Balaban J connectivity index is 1.26. The molecule has 2 aromatic rings. The number of carbonyl (C=O) groups is 1. The fourth-order valence-corrected chi connectivity index (χ4v) is 3.62. The summed E-state index contributed by atoms with van der Waals surface area (Å²) in [6.45, 7) is 3.64. The predicted molar refractivity (Wildman–Crippen MR) is 105 cm³/mol. The molecule has 4 rings (SSSR count). The molecule has 1 aliphatic heterocycles. The van der Waals surface area contributed by atoms with E-state index >= 15 is 0 Å². The van der Waals surface area contributed by atoms with Crippen LogP contribution in [0, 0.1) is 0 Å². The summed E-state index contributed by atoms with van der Waals surface area (Å²) < 4.78 is 11.1. The molecule has 148 valence electrons. The van der Waals surface area contributed by atoms with Crippen molar-refractivity contribution in [1.29, 1.82) is 0 Å². The number of nitrogens with zero attached hydrogens (tertiary/aromatic N) is 3. The number of aromatic nitrogens is 2. The third-order valence-electron chi connectivity index (χ3n) is 5.19. The first-order valence-electron chi connectivity index (χ1n) is 9.93. The molecule has 1 aliphatic carbocycles. The first-order valence-corrected chi connectivity index (χ1v) is 9.93. The van der Waals surface area contributed by atoms with Crippen molar-refractivity contribution >= 4 is 11.7 Å². The lowest BCUT2D eigenvalue weighted by molar-refractivity contribution is -0.123. The summed E-state index contributed by atoms with van der Waals surface area (Å²) >= 11 is 0. The SMILES string of the molecule is O=C(COc1ccnc2c1CCCC2)NCc1ccc(N2CCOCC2)nc1. The molecule has 0 aromatic carbocycles. The van der Waals surface area contributed by atoms with Crippen molar-refractivity contribution in [3.05, 3.63) is 47.4 Å². The van der Waals surface area contributed by atoms with Gasteiger partial charge in [0, 0.05) is 43.3 Å². The monoisotopic (exact) mass is 382 g/mol. The number of carbonyl (C=O) groups excluding carboxylic acids is 1. The fraction of sp³-hybridized carbons (Fsp3) is 0.476. The van der Waals surface area contributed by atoms with E-state index in [0.29, 0.717) is 6.54 Å². The molecule has 1 amide bonds. The molecule has 3 heterocycles. The minimum Gasteiger partial charge on any atom is -0.483 e. The lowest BCUT2D eigenvalue weighted by Gasteiger charge is -2.27. The topological polar surface area (TPSA) is 76.6 Å². The van der Waals surface area contributed by atoms with Gasteiger partial charge in [0.05, 0.1) is 13.2 Å². The van der Waals surface area contributed by atoms with Crippen molar-refractivity contribution < 1.29 is 14.3 Å². The molecule has 1 saturated heterocycles. The highest BCUT2D eigenvalue weighted by Gasteiger charge is 2.16. The van der Waals surface area contributed by atoms with Gasteiger partial charge in [-0.2, -0.15) is 0 Å². The van der Waals surface area contributed by atoms with Crippen molar-refractivity contribution in [3.63, 3.8) is 0 Å². The van der Waals surface area contributed by atoms with E-state index in [1.54, 1.807) is 6.20 Å². The number of morpholine rings is 1. The molecule has 0 bridgehead atoms. The van der Waals surface area contributed by atoms with Crippen LogP contribution in [0.25, 0.3) is 0 Å². The Labute approximate surface area is 165 Å². The van der Waals surface area contributed by atoms with Crippen LogP contribution < -0.4 is 15.0 Å². The molecule has 7 nitrogen and oxygen atoms in total. The summed E-state index contributed by atoms with van der Waals surface area (Å²) in [5.74, 6) is 1.60. The van der Waals surface area contributed by atoms with E-state index in [0.717, 1.165) is 74.0 Å². The summed E-state index contributed by atoms with van der Waals surface area (Å²) in [5.41, 5.74) is 3.23. The minimum atomic E-state index is -0.140. The van der Waals surface area contributed by atoms with Gasteiger partial charge >= 0.3 is 0 Å². The van der Waals surface area contributed by atoms with Crippen LogP contribution in [0.15, 0.2) is 30.6 Å². The van der Waals surface area contributed by atoms with Crippen LogP contribution in [0.2, 0.25) is 0 Å². The molecule has 2 aromatic heterocycles. The standard InChI is InChI=1S/C21H26N4O3/c26-21(15-28-19-7-8-22-18-4-2-1-3-17(18)19)24-14-16-5-6-20(23-13-16)25-9-11-27-12-10-25/h5-8,13H,1-4,9-12,14-15H2,(H,24,26). The van der Waals surface area contributed by atoms with Crippen molar-refractivity contribution in [1.82, 2.24) is 15.3 Å². The number of hydrogen-bond acceptors (Lipinski definition) is 6. The highest BCUT2D eigenvalue weighted by molar-refractivity contribution is 5.77. The van der Waals surface area contributed by atoms with Gasteiger partial charge in [0.2, 0.25) is 0 Å². The molecule has 1 fully saturated rings. The zero-order valence-electron chi connectivity index (χ0n) is 16.0. The van der Waals surface area contributed by atoms with E-state index in [1.165, 1.54) is 6.42 Å². The van der Waals surface area contributed by atoms with E-state index in [4.69, 9.17) is 9.47 Å². The van der Waals surface area contributed by atoms with Crippen molar-refractivity contribution in [2.45, 2.75) is 32.2 Å². The molecule has 0 saturated carbocycles. The quantitative estimate of drug-likeness (QED) is 0.822. The Kier molecular flexibility index (Phi) is 6.01. The molecule has 0 spiro atoms. The second-order valence-electron chi connectivity index (χ2n) is 7.13. The van der Waals surface area contributed by atoms with Gasteiger partial charge in [-0.1, -0.05) is 6.07 Å². The van der Waals surface area contributed by atoms with Crippen LogP contribution in [0.4, 0.5) is 5.82 Å². The molecule has 7 heteroatoms. The number of nitrogens with one attached hydrogen (secondary N) is 1. The smallest absolute Gasteiger partial charge is 0.258 e. The Morgan fingerprint density at radius 2 is 2.00 bits per heavy atom. The third kappa shape index (κ3) is 4.59. The van der Waals surface area contributed by atoms with E-state index in [9.17, 15) is 4.79 Å². The van der Waals surface area contributed by atoms with Crippen LogP contribution in [-0.2, 0) is 28.9 Å². The summed E-state index contributed by atoms with van der Waals surface area (Å²) in [6.07, 6.45) is 7.86. The Morgan fingerprint density at radius 1 is 1.14 bits per heavy atom. The van der Waals surface area contributed by atoms with Gasteiger partial charge in [0.15, 0.2) is 6.61 Å². The summed E-state index contributed by atoms with van der Waals surface area (Å²) in [7, 11) is 0. The average Bonchev–Trinajstić information content (AvgIpc) is 2.77. The van der Waals surface area contributed by atoms with Gasteiger partial charge in [-0.3, -0.25) is 9.78 Å². The van der Waals surface area contributed by atoms with Gasteiger partial charge < -0.3 is 19.7 Å². The van der Waals surface area contributed by atoms with Crippen molar-refractivity contribution in [2.75, 3.05) is 37.8 Å². The molecule has 28 heavy (non-hydrogen) atoms. The Morgan fingerprint density at radius 3 is 2.82 bits per heavy atom. The van der Waals surface area contributed by atoms with Gasteiger partial charge in [-0.25, -0.2) is 4.98 Å². The molecular formula is C21H26N4O3. The number of fused-ring (bicyclic) bond motifs is 1. The number of hydrogen-bond donors (Lipinski definition) is 1. The Bertz CT molecular complexity index is 804. The van der Waals surface area contributed by atoms with E-state index in [1.807, 2.05) is 24.4 Å². The number of amides is 1. The first-order chi connectivity index (χ1) is 13.8. The molecule has 1 N–H and O–H groups in total. The fourth-order valence-electron chi connectivity index (χ4n) is 3.62. The second-order valence-corrected chi connectivity index (χ2v) is 7.13. The van der Waals surface area contributed by atoms with Gasteiger partial charge in [-0.05, 0) is 43.4 Å². The molecule has 0 radical (unpaired) electrons. The van der Waals surface area contributed by atoms with Crippen molar-refractivity contribution in [2.24, 2.45) is 0 Å². The maximum Gasteiger partial charge on any atom is 0.258 e. The molecular weight excluding hydrogens is 356 g/mol. The Hall–Kier alpha value is -2.67. The summed E-state index contributed by atoms with van der Waals surface area (Å²) in [5, 5.41) is 2.90. The third-order valence-corrected chi connectivity index (χ3v) is 5.19. The van der Waals surface area contributed by atoms with Crippen LogP contribution in [0.3, 0.4) is 0 Å². The molecule has 2 aliphatic rings. The van der Waals surface area contributed by atoms with E-state index in [2.05, 4.69) is 20.2 Å². The second kappa shape index (κ2) is 9.01. The molecule has 0 atom stereocenters. The number of anilines is 1. The number of pyridine rings is 2. The minimum absolute atomic E-state index is 0.00967.